The molecule has 2 heterocycles. The molecule has 0 aromatic carbocycles. The van der Waals surface area contributed by atoms with E-state index >= 15 is 0 Å². The van der Waals surface area contributed by atoms with Crippen LogP contribution in [-0.4, -0.2) is 63.5 Å². The predicted molar refractivity (Wildman–Crippen MR) is 57.1 cm³/mol. The van der Waals surface area contributed by atoms with E-state index in [2.05, 4.69) is 0 Å². The van der Waals surface area contributed by atoms with Gasteiger partial charge in [0, 0.05) is 26.7 Å². The van der Waals surface area contributed by atoms with Crippen LogP contribution in [0, 0.1) is 5.92 Å². The average Bonchev–Trinajstić information content (AvgIpc) is 2.60. The van der Waals surface area contributed by atoms with Crippen molar-refractivity contribution in [3.05, 3.63) is 0 Å². The van der Waals surface area contributed by atoms with E-state index in [9.17, 15) is 4.79 Å². The second kappa shape index (κ2) is 4.69. The Kier molecular flexibility index (Phi) is 3.47. The summed E-state index contributed by atoms with van der Waals surface area (Å²) in [5.41, 5.74) is -0.139. The smallest absolute Gasteiger partial charge is 0.248 e. The molecule has 1 atom stereocenters. The molecule has 0 saturated carbocycles. The zero-order chi connectivity index (χ0) is 11.6. The van der Waals surface area contributed by atoms with Gasteiger partial charge in [0.25, 0.3) is 0 Å². The Bertz CT molecular complexity index is 263. The highest BCUT2D eigenvalue weighted by molar-refractivity contribution is 5.78. The van der Waals surface area contributed by atoms with Crippen molar-refractivity contribution in [3.8, 4) is 0 Å². The second-order valence-corrected chi connectivity index (χ2v) is 4.54. The molecule has 0 radical (unpaired) electrons. The first-order valence-electron chi connectivity index (χ1n) is 5.61. The Hall–Kier alpha value is -0.650. The number of carbonyl (C=O) groups excluding carboxylic acids is 1. The van der Waals surface area contributed by atoms with Crippen LogP contribution in [0.2, 0.25) is 0 Å². The fourth-order valence-corrected chi connectivity index (χ4v) is 2.56. The summed E-state index contributed by atoms with van der Waals surface area (Å²) >= 11 is 0. The maximum Gasteiger partial charge on any atom is 0.248 e. The SMILES string of the molecule is COCC(=O)N1CC2(C1)OCCC2COC. The monoisotopic (exact) mass is 229 g/mol. The molecule has 2 aliphatic rings. The first-order chi connectivity index (χ1) is 7.72. The summed E-state index contributed by atoms with van der Waals surface area (Å²) in [6, 6.07) is 0. The molecule has 2 rings (SSSR count). The molecular formula is C11H19NO4. The average molecular weight is 229 g/mol. The molecule has 2 fully saturated rings. The molecule has 1 spiro atoms. The minimum absolute atomic E-state index is 0.0415. The summed E-state index contributed by atoms with van der Waals surface area (Å²) in [6.45, 7) is 3.02. The molecule has 0 aliphatic carbocycles. The lowest BCUT2D eigenvalue weighted by Crippen LogP contribution is -2.67. The van der Waals surface area contributed by atoms with Gasteiger partial charge in [0.05, 0.1) is 19.7 Å². The van der Waals surface area contributed by atoms with Gasteiger partial charge in [0.2, 0.25) is 5.91 Å². The molecule has 0 aromatic rings. The molecule has 92 valence electrons. The van der Waals surface area contributed by atoms with Gasteiger partial charge < -0.3 is 19.1 Å². The number of hydrogen-bond acceptors (Lipinski definition) is 4. The van der Waals surface area contributed by atoms with Crippen molar-refractivity contribution in [3.63, 3.8) is 0 Å². The molecule has 16 heavy (non-hydrogen) atoms. The quantitative estimate of drug-likeness (QED) is 0.675. The van der Waals surface area contributed by atoms with E-state index < -0.39 is 0 Å². The Morgan fingerprint density at radius 1 is 1.44 bits per heavy atom. The molecule has 0 aromatic heterocycles. The number of amides is 1. The molecule has 5 heteroatoms. The highest BCUT2D eigenvalue weighted by Crippen LogP contribution is 2.39. The third kappa shape index (κ3) is 1.95. The van der Waals surface area contributed by atoms with E-state index in [4.69, 9.17) is 14.2 Å². The Balaban J connectivity index is 1.87. The largest absolute Gasteiger partial charge is 0.384 e. The lowest BCUT2D eigenvalue weighted by atomic mass is 9.81. The van der Waals surface area contributed by atoms with E-state index in [0.717, 1.165) is 13.0 Å². The molecule has 1 amide bonds. The second-order valence-electron chi connectivity index (χ2n) is 4.54. The van der Waals surface area contributed by atoms with Gasteiger partial charge in [-0.15, -0.1) is 0 Å². The van der Waals surface area contributed by atoms with Crippen molar-refractivity contribution in [2.45, 2.75) is 12.0 Å². The van der Waals surface area contributed by atoms with Gasteiger partial charge >= 0.3 is 0 Å². The number of carbonyl (C=O) groups is 1. The molecule has 1 unspecified atom stereocenters. The lowest BCUT2D eigenvalue weighted by molar-refractivity contribution is -0.171. The van der Waals surface area contributed by atoms with Gasteiger partial charge in [0.1, 0.15) is 12.2 Å². The van der Waals surface area contributed by atoms with Gasteiger partial charge in [-0.1, -0.05) is 0 Å². The summed E-state index contributed by atoms with van der Waals surface area (Å²) in [5, 5.41) is 0. The number of hydrogen-bond donors (Lipinski definition) is 0. The molecule has 0 N–H and O–H groups in total. The van der Waals surface area contributed by atoms with E-state index in [1.165, 1.54) is 7.11 Å². The highest BCUT2D eigenvalue weighted by atomic mass is 16.5. The van der Waals surface area contributed by atoms with Crippen LogP contribution in [0.1, 0.15) is 6.42 Å². The fraction of sp³-hybridized carbons (Fsp3) is 0.909. The van der Waals surface area contributed by atoms with Crippen LogP contribution in [-0.2, 0) is 19.0 Å². The van der Waals surface area contributed by atoms with Crippen molar-refractivity contribution in [2.75, 3.05) is 47.1 Å². The minimum atomic E-state index is -0.139. The third-order valence-corrected chi connectivity index (χ3v) is 3.51. The van der Waals surface area contributed by atoms with Crippen molar-refractivity contribution in [1.82, 2.24) is 4.90 Å². The molecule has 0 bridgehead atoms. The molecule has 2 saturated heterocycles. The Morgan fingerprint density at radius 3 is 2.81 bits per heavy atom. The van der Waals surface area contributed by atoms with Crippen LogP contribution in [0.4, 0.5) is 0 Å². The number of methoxy groups -OCH3 is 2. The molecular weight excluding hydrogens is 210 g/mol. The summed E-state index contributed by atoms with van der Waals surface area (Å²) < 4.78 is 15.8. The van der Waals surface area contributed by atoms with E-state index in [-0.39, 0.29) is 18.1 Å². The summed E-state index contributed by atoms with van der Waals surface area (Å²) in [6.07, 6.45) is 1.03. The standard InChI is InChI=1S/C11H19NO4/c1-14-5-9-3-4-16-11(9)7-12(8-11)10(13)6-15-2/h9H,3-8H2,1-2H3. The fourth-order valence-electron chi connectivity index (χ4n) is 2.56. The zero-order valence-electron chi connectivity index (χ0n) is 9.90. The number of nitrogens with zero attached hydrogens (tertiary/aromatic N) is 1. The Morgan fingerprint density at radius 2 is 2.19 bits per heavy atom. The van der Waals surface area contributed by atoms with E-state index in [1.807, 2.05) is 0 Å². The van der Waals surface area contributed by atoms with Crippen LogP contribution >= 0.6 is 0 Å². The predicted octanol–water partition coefficient (Wildman–Crippen LogP) is -0.103. The number of likely N-dealkylation sites (tertiary alicyclic amines) is 1. The lowest BCUT2D eigenvalue weighted by Gasteiger charge is -2.50. The Labute approximate surface area is 95.6 Å². The topological polar surface area (TPSA) is 48.0 Å². The van der Waals surface area contributed by atoms with Crippen molar-refractivity contribution in [2.24, 2.45) is 5.92 Å². The maximum absolute atomic E-state index is 11.5. The first-order valence-corrected chi connectivity index (χ1v) is 5.61. The van der Waals surface area contributed by atoms with Crippen LogP contribution in [0.15, 0.2) is 0 Å². The normalized spacial score (nSPS) is 27.1. The van der Waals surface area contributed by atoms with Gasteiger partial charge in [0.15, 0.2) is 0 Å². The van der Waals surface area contributed by atoms with Crippen LogP contribution < -0.4 is 0 Å². The molecule has 5 nitrogen and oxygen atoms in total. The minimum Gasteiger partial charge on any atom is -0.384 e. The number of rotatable bonds is 4. The van der Waals surface area contributed by atoms with Crippen LogP contribution in [0.25, 0.3) is 0 Å². The summed E-state index contributed by atoms with van der Waals surface area (Å²) in [4.78, 5) is 13.3. The van der Waals surface area contributed by atoms with Gasteiger partial charge in [-0.3, -0.25) is 4.79 Å². The van der Waals surface area contributed by atoms with E-state index in [0.29, 0.717) is 25.6 Å². The van der Waals surface area contributed by atoms with Gasteiger partial charge in [-0.05, 0) is 6.42 Å². The highest BCUT2D eigenvalue weighted by Gasteiger charge is 2.54. The van der Waals surface area contributed by atoms with Gasteiger partial charge in [-0.2, -0.15) is 0 Å². The third-order valence-electron chi connectivity index (χ3n) is 3.51. The maximum atomic E-state index is 11.5. The van der Waals surface area contributed by atoms with Gasteiger partial charge in [-0.25, -0.2) is 0 Å². The molecule has 2 aliphatic heterocycles. The van der Waals surface area contributed by atoms with Crippen molar-refractivity contribution in [1.29, 1.82) is 0 Å². The van der Waals surface area contributed by atoms with Crippen molar-refractivity contribution >= 4 is 5.91 Å². The number of ether oxygens (including phenoxy) is 3. The zero-order valence-corrected chi connectivity index (χ0v) is 9.90. The van der Waals surface area contributed by atoms with Crippen LogP contribution in [0.3, 0.4) is 0 Å². The van der Waals surface area contributed by atoms with Crippen LogP contribution in [0.5, 0.6) is 0 Å². The summed E-state index contributed by atoms with van der Waals surface area (Å²) in [7, 11) is 3.24. The summed E-state index contributed by atoms with van der Waals surface area (Å²) in [5.74, 6) is 0.462. The first kappa shape index (κ1) is 11.8. The van der Waals surface area contributed by atoms with Crippen molar-refractivity contribution < 1.29 is 19.0 Å². The van der Waals surface area contributed by atoms with E-state index in [1.54, 1.807) is 12.0 Å².